The Labute approximate surface area is 268 Å². The fourth-order valence-corrected chi connectivity index (χ4v) is 5.37. The third-order valence-electron chi connectivity index (χ3n) is 7.69. The summed E-state index contributed by atoms with van der Waals surface area (Å²) in [5.41, 5.74) is 2.74. The molecule has 2 unspecified atom stereocenters. The van der Waals surface area contributed by atoms with Crippen molar-refractivity contribution in [3.63, 3.8) is 0 Å². The number of nitrogens with zero attached hydrogens (tertiary/aromatic N) is 1. The van der Waals surface area contributed by atoms with Crippen LogP contribution in [0.5, 0.6) is 0 Å². The maximum atomic E-state index is 14.7. The number of hydrogen-bond donors (Lipinski definition) is 2. The van der Waals surface area contributed by atoms with Gasteiger partial charge in [-0.25, -0.2) is 9.59 Å². The van der Waals surface area contributed by atoms with Crippen molar-refractivity contribution in [1.29, 1.82) is 0 Å². The lowest BCUT2D eigenvalue weighted by Gasteiger charge is -2.34. The highest BCUT2D eigenvalue weighted by Gasteiger charge is 2.52. The number of esters is 1. The minimum Gasteiger partial charge on any atom is -0.461 e. The summed E-state index contributed by atoms with van der Waals surface area (Å²) in [6.45, 7) is 7.21. The molecule has 0 saturated heterocycles. The minimum absolute atomic E-state index is 0.0164. The number of Topliss-reactive ketones (excluding diaryl/α,β-unsaturated/α-hetero) is 1. The fraction of sp³-hybridized carbons (Fsp3) is 0.500. The van der Waals surface area contributed by atoms with Gasteiger partial charge in [0.15, 0.2) is 0 Å². The highest BCUT2D eigenvalue weighted by molar-refractivity contribution is 6.08. The maximum absolute atomic E-state index is 14.7. The van der Waals surface area contributed by atoms with Gasteiger partial charge in [-0.1, -0.05) is 82.3 Å². The second kappa shape index (κ2) is 16.3. The first-order chi connectivity index (χ1) is 21.7. The van der Waals surface area contributed by atoms with Crippen molar-refractivity contribution in [1.82, 2.24) is 15.5 Å². The minimum atomic E-state index is -4.47. The monoisotopic (exact) mass is 643 g/mol. The third-order valence-corrected chi connectivity index (χ3v) is 7.69. The van der Waals surface area contributed by atoms with E-state index in [1.54, 1.807) is 52.0 Å². The molecule has 46 heavy (non-hydrogen) atoms. The predicted octanol–water partition coefficient (Wildman–Crippen LogP) is 4.23. The molecule has 2 atom stereocenters. The fourth-order valence-electron chi connectivity index (χ4n) is 5.37. The summed E-state index contributed by atoms with van der Waals surface area (Å²) in [6.07, 6.45) is -0.147. The van der Waals surface area contributed by atoms with Gasteiger partial charge in [-0.05, 0) is 54.7 Å². The molecule has 0 fully saturated rings. The summed E-state index contributed by atoms with van der Waals surface area (Å²) >= 11 is 0. The van der Waals surface area contributed by atoms with Crippen LogP contribution >= 0.6 is 0 Å². The van der Waals surface area contributed by atoms with E-state index in [4.69, 9.17) is 4.74 Å². The number of amides is 3. The molecular weight excluding hydrogens is 600 g/mol. The number of ketones is 1. The number of carbonyl (C=O) groups excluding carboxylic acids is 5. The van der Waals surface area contributed by atoms with E-state index in [1.807, 2.05) is 30.3 Å². The highest BCUT2D eigenvalue weighted by atomic mass is 19.3. The first-order valence-electron chi connectivity index (χ1n) is 15.5. The standard InChI is InChI=1S/C34H43F2N3O7/c1-6-45-32(43)34(35,36)30(41)27(16-21(2)3)37-28(40)19-39(26-17-24-14-10-11-15-25(24)18-26)31(42)29(22(4)5)38-33(44)46-20-23-12-8-7-9-13-23/h7-15,21-22,26-27,29H,6,16-20H2,1-5H3,(H,37,40)(H,38,44). The largest absolute Gasteiger partial charge is 0.461 e. The van der Waals surface area contributed by atoms with Crippen LogP contribution in [-0.4, -0.2) is 71.8 Å². The van der Waals surface area contributed by atoms with Crippen molar-refractivity contribution in [2.24, 2.45) is 11.8 Å². The lowest BCUT2D eigenvalue weighted by molar-refractivity contribution is -0.177. The Kier molecular flexibility index (Phi) is 12.8. The Hall–Kier alpha value is -4.35. The second-order valence-electron chi connectivity index (χ2n) is 12.1. The van der Waals surface area contributed by atoms with Crippen LogP contribution in [0.1, 0.15) is 57.7 Å². The molecular formula is C34H43F2N3O7. The van der Waals surface area contributed by atoms with E-state index in [0.717, 1.165) is 16.7 Å². The molecule has 2 aromatic rings. The number of rotatable bonds is 15. The molecule has 1 aliphatic carbocycles. The van der Waals surface area contributed by atoms with E-state index in [1.165, 1.54) is 11.8 Å². The zero-order valence-electron chi connectivity index (χ0n) is 26.9. The zero-order valence-corrected chi connectivity index (χ0v) is 26.9. The quantitative estimate of drug-likeness (QED) is 0.219. The topological polar surface area (TPSA) is 131 Å². The van der Waals surface area contributed by atoms with Crippen LogP contribution in [0.25, 0.3) is 0 Å². The van der Waals surface area contributed by atoms with Gasteiger partial charge in [-0.2, -0.15) is 8.78 Å². The van der Waals surface area contributed by atoms with Crippen molar-refractivity contribution in [3.8, 4) is 0 Å². The number of benzene rings is 2. The van der Waals surface area contributed by atoms with E-state index in [9.17, 15) is 32.8 Å². The lowest BCUT2D eigenvalue weighted by Crippen LogP contribution is -2.58. The molecule has 0 bridgehead atoms. The average Bonchev–Trinajstić information content (AvgIpc) is 3.44. The molecule has 2 N–H and O–H groups in total. The van der Waals surface area contributed by atoms with E-state index in [0.29, 0.717) is 12.8 Å². The van der Waals surface area contributed by atoms with Crippen molar-refractivity contribution < 1.29 is 42.2 Å². The molecule has 12 heteroatoms. The summed E-state index contributed by atoms with van der Waals surface area (Å²) in [5, 5.41) is 4.97. The molecule has 0 aliphatic heterocycles. The van der Waals surface area contributed by atoms with Crippen molar-refractivity contribution in [2.75, 3.05) is 13.2 Å². The van der Waals surface area contributed by atoms with Gasteiger partial charge in [0, 0.05) is 6.04 Å². The predicted molar refractivity (Wildman–Crippen MR) is 166 cm³/mol. The Morgan fingerprint density at radius 3 is 2.02 bits per heavy atom. The molecule has 0 aromatic heterocycles. The number of alkyl carbamates (subject to hydrolysis) is 1. The normalized spacial score (nSPS) is 14.3. The molecule has 3 rings (SSSR count). The Morgan fingerprint density at radius 1 is 0.891 bits per heavy atom. The summed E-state index contributed by atoms with van der Waals surface area (Å²) in [4.78, 5) is 66.4. The van der Waals surface area contributed by atoms with E-state index < -0.39 is 66.2 Å². The molecule has 1 aliphatic rings. The van der Waals surface area contributed by atoms with Gasteiger partial charge in [0.05, 0.1) is 19.2 Å². The average molecular weight is 644 g/mol. The molecule has 0 heterocycles. The van der Waals surface area contributed by atoms with Crippen LogP contribution < -0.4 is 10.6 Å². The van der Waals surface area contributed by atoms with E-state index in [-0.39, 0.29) is 25.6 Å². The zero-order chi connectivity index (χ0) is 34.0. The second-order valence-corrected chi connectivity index (χ2v) is 12.1. The molecule has 250 valence electrons. The van der Waals surface area contributed by atoms with Crippen molar-refractivity contribution in [2.45, 2.75) is 84.5 Å². The van der Waals surface area contributed by atoms with Gasteiger partial charge in [-0.15, -0.1) is 0 Å². The van der Waals surface area contributed by atoms with Gasteiger partial charge in [0.25, 0.3) is 0 Å². The maximum Gasteiger partial charge on any atom is 0.408 e. The molecule has 2 aromatic carbocycles. The van der Waals surface area contributed by atoms with Crippen LogP contribution in [0.2, 0.25) is 0 Å². The SMILES string of the molecule is CCOC(=O)C(F)(F)C(=O)C(CC(C)C)NC(=O)CN(C(=O)C(NC(=O)OCc1ccccc1)C(C)C)C1Cc2ccccc2C1. The number of fused-ring (bicyclic) bond motifs is 1. The van der Waals surface area contributed by atoms with Crippen LogP contribution in [0, 0.1) is 11.8 Å². The number of carbonyl (C=O) groups is 5. The summed E-state index contributed by atoms with van der Waals surface area (Å²) in [7, 11) is 0. The molecule has 10 nitrogen and oxygen atoms in total. The van der Waals surface area contributed by atoms with E-state index >= 15 is 0 Å². The van der Waals surface area contributed by atoms with Gasteiger partial charge in [-0.3, -0.25) is 14.4 Å². The van der Waals surface area contributed by atoms with Gasteiger partial charge >= 0.3 is 18.0 Å². The van der Waals surface area contributed by atoms with Crippen LogP contribution in [0.15, 0.2) is 54.6 Å². The van der Waals surface area contributed by atoms with Gasteiger partial charge in [0.2, 0.25) is 17.6 Å². The third kappa shape index (κ3) is 9.58. The molecule has 0 saturated carbocycles. The van der Waals surface area contributed by atoms with Crippen LogP contribution in [0.4, 0.5) is 13.6 Å². The highest BCUT2D eigenvalue weighted by Crippen LogP contribution is 2.27. The lowest BCUT2D eigenvalue weighted by atomic mass is 9.96. The van der Waals surface area contributed by atoms with Crippen molar-refractivity contribution >= 4 is 29.7 Å². The van der Waals surface area contributed by atoms with Crippen LogP contribution in [-0.2, 0) is 48.1 Å². The molecule has 0 radical (unpaired) electrons. The first kappa shape index (κ1) is 36.1. The van der Waals surface area contributed by atoms with Crippen molar-refractivity contribution in [3.05, 3.63) is 71.3 Å². The van der Waals surface area contributed by atoms with E-state index in [2.05, 4.69) is 15.4 Å². The smallest absolute Gasteiger partial charge is 0.408 e. The number of nitrogens with one attached hydrogen (secondary N) is 2. The first-order valence-corrected chi connectivity index (χ1v) is 15.5. The number of alkyl halides is 2. The number of ether oxygens (including phenoxy) is 2. The Bertz CT molecular complexity index is 1360. The molecule has 3 amide bonds. The number of hydrogen-bond acceptors (Lipinski definition) is 7. The summed E-state index contributed by atoms with van der Waals surface area (Å²) in [6, 6.07) is 13.3. The van der Waals surface area contributed by atoms with Gasteiger partial charge < -0.3 is 25.0 Å². The molecule has 0 spiro atoms. The van der Waals surface area contributed by atoms with Crippen LogP contribution in [0.3, 0.4) is 0 Å². The number of halogens is 2. The summed E-state index contributed by atoms with van der Waals surface area (Å²) in [5.74, 6) is -10.4. The summed E-state index contributed by atoms with van der Waals surface area (Å²) < 4.78 is 39.2. The van der Waals surface area contributed by atoms with Gasteiger partial charge in [0.1, 0.15) is 12.6 Å². The Morgan fingerprint density at radius 2 is 1.48 bits per heavy atom. The Balaban J connectivity index is 1.83.